The molecule has 1 aromatic rings. The zero-order valence-electron chi connectivity index (χ0n) is 8.26. The Balaban J connectivity index is 3.32. The summed E-state index contributed by atoms with van der Waals surface area (Å²) in [6.07, 6.45) is -10.3. The third-order valence-electron chi connectivity index (χ3n) is 1.76. The average Bonchev–Trinajstić information content (AvgIpc) is 2.12. The highest BCUT2D eigenvalue weighted by Gasteiger charge is 2.39. The minimum absolute atomic E-state index is 0.324. The first-order valence-electron chi connectivity index (χ1n) is 4.21. The molecule has 0 aliphatic rings. The topological polar surface area (TPSA) is 26.3 Å². The molecule has 0 amide bonds. The third kappa shape index (κ3) is 3.83. The SMILES string of the molecule is O=C(S)c1ccc(C(F)(F)F)c(OC(F)(F)F)c1. The molecule has 0 N–H and O–H groups in total. The fourth-order valence-electron chi connectivity index (χ4n) is 1.10. The second-order valence-corrected chi connectivity index (χ2v) is 3.47. The second-order valence-electron chi connectivity index (χ2n) is 3.06. The van der Waals surface area contributed by atoms with E-state index in [4.69, 9.17) is 0 Å². The molecule has 0 fully saturated rings. The standard InChI is InChI=1S/C9H4F6O2S/c10-8(11,12)5-2-1-4(7(16)18)3-6(5)17-9(13,14)15/h1-3H,(H,16,18). The van der Waals surface area contributed by atoms with Gasteiger partial charge in [0.25, 0.3) is 0 Å². The number of alkyl halides is 6. The van der Waals surface area contributed by atoms with Gasteiger partial charge in [-0.2, -0.15) is 13.2 Å². The molecule has 100 valence electrons. The van der Waals surface area contributed by atoms with Gasteiger partial charge in [0, 0.05) is 5.56 Å². The predicted octanol–water partition coefficient (Wildman–Crippen LogP) is 3.67. The van der Waals surface area contributed by atoms with Gasteiger partial charge in [0.05, 0.1) is 5.56 Å². The van der Waals surface area contributed by atoms with Gasteiger partial charge in [-0.3, -0.25) is 4.79 Å². The molecule has 0 saturated heterocycles. The van der Waals surface area contributed by atoms with Crippen molar-refractivity contribution in [2.45, 2.75) is 12.5 Å². The highest BCUT2D eigenvalue weighted by molar-refractivity contribution is 7.97. The van der Waals surface area contributed by atoms with Crippen LogP contribution in [0.1, 0.15) is 15.9 Å². The molecule has 0 atom stereocenters. The van der Waals surface area contributed by atoms with Crippen molar-refractivity contribution in [1.82, 2.24) is 0 Å². The van der Waals surface area contributed by atoms with Crippen molar-refractivity contribution in [3.05, 3.63) is 29.3 Å². The number of carbonyl (C=O) groups excluding carboxylic acids is 1. The lowest BCUT2D eigenvalue weighted by Gasteiger charge is -2.15. The van der Waals surface area contributed by atoms with Crippen LogP contribution in [0.2, 0.25) is 0 Å². The highest BCUT2D eigenvalue weighted by Crippen LogP contribution is 2.39. The summed E-state index contributed by atoms with van der Waals surface area (Å²) in [5.74, 6) is -1.49. The smallest absolute Gasteiger partial charge is 0.405 e. The minimum atomic E-state index is -5.29. The van der Waals surface area contributed by atoms with Crippen LogP contribution in [0.15, 0.2) is 18.2 Å². The van der Waals surface area contributed by atoms with Crippen molar-refractivity contribution in [3.63, 3.8) is 0 Å². The van der Waals surface area contributed by atoms with E-state index in [1.54, 1.807) is 0 Å². The van der Waals surface area contributed by atoms with Crippen molar-refractivity contribution in [2.75, 3.05) is 0 Å². The monoisotopic (exact) mass is 290 g/mol. The molecule has 1 aromatic carbocycles. The van der Waals surface area contributed by atoms with Gasteiger partial charge in [0.15, 0.2) is 0 Å². The van der Waals surface area contributed by atoms with Gasteiger partial charge in [-0.15, -0.1) is 25.8 Å². The Labute approximate surface area is 102 Å². The highest BCUT2D eigenvalue weighted by atomic mass is 32.1. The number of hydrogen-bond donors (Lipinski definition) is 1. The molecule has 0 radical (unpaired) electrons. The number of rotatable bonds is 2. The molecular weight excluding hydrogens is 286 g/mol. The fourth-order valence-corrected chi connectivity index (χ4v) is 1.24. The summed E-state index contributed by atoms with van der Waals surface area (Å²) in [4.78, 5) is 10.8. The summed E-state index contributed by atoms with van der Waals surface area (Å²) in [5.41, 5.74) is -2.07. The third-order valence-corrected chi connectivity index (χ3v) is 2.02. The molecule has 9 heteroatoms. The Morgan fingerprint density at radius 2 is 1.67 bits per heavy atom. The number of halogens is 6. The second kappa shape index (κ2) is 4.71. The van der Waals surface area contributed by atoms with E-state index in [1.165, 1.54) is 0 Å². The fraction of sp³-hybridized carbons (Fsp3) is 0.222. The molecule has 0 bridgehead atoms. The first-order chi connectivity index (χ1) is 8.00. The maximum Gasteiger partial charge on any atom is 0.573 e. The van der Waals surface area contributed by atoms with E-state index in [0.29, 0.717) is 18.2 Å². The van der Waals surface area contributed by atoms with Crippen LogP contribution in [0.25, 0.3) is 0 Å². The van der Waals surface area contributed by atoms with Crippen LogP contribution in [0.5, 0.6) is 5.75 Å². The predicted molar refractivity (Wildman–Crippen MR) is 51.4 cm³/mol. The van der Waals surface area contributed by atoms with Gasteiger partial charge in [0.2, 0.25) is 5.12 Å². The number of benzene rings is 1. The van der Waals surface area contributed by atoms with Crippen LogP contribution in [-0.4, -0.2) is 11.5 Å². The molecule has 0 spiro atoms. The van der Waals surface area contributed by atoms with E-state index in [0.717, 1.165) is 0 Å². The molecule has 1 rings (SSSR count). The van der Waals surface area contributed by atoms with Gasteiger partial charge in [-0.25, -0.2) is 0 Å². The van der Waals surface area contributed by atoms with Crippen LogP contribution >= 0.6 is 12.6 Å². The minimum Gasteiger partial charge on any atom is -0.405 e. The summed E-state index contributed by atoms with van der Waals surface area (Å²) >= 11 is 3.30. The summed E-state index contributed by atoms with van der Waals surface area (Å²) in [7, 11) is 0. The van der Waals surface area contributed by atoms with Gasteiger partial charge in [0.1, 0.15) is 5.75 Å². The number of thiol groups is 1. The lowest BCUT2D eigenvalue weighted by atomic mass is 10.1. The van der Waals surface area contributed by atoms with Crippen LogP contribution in [-0.2, 0) is 6.18 Å². The summed E-state index contributed by atoms with van der Waals surface area (Å²) in [6.45, 7) is 0. The first-order valence-corrected chi connectivity index (χ1v) is 4.66. The van der Waals surface area contributed by atoms with Gasteiger partial charge >= 0.3 is 12.5 Å². The molecule has 0 heterocycles. The summed E-state index contributed by atoms with van der Waals surface area (Å²) in [5, 5.41) is -0.976. The quantitative estimate of drug-likeness (QED) is 0.664. The lowest BCUT2D eigenvalue weighted by molar-refractivity contribution is -0.276. The molecule has 0 aliphatic heterocycles. The number of ether oxygens (including phenoxy) is 1. The Morgan fingerprint density at radius 1 is 1.11 bits per heavy atom. The van der Waals surface area contributed by atoms with E-state index < -0.39 is 34.5 Å². The lowest BCUT2D eigenvalue weighted by Crippen LogP contribution is -2.20. The van der Waals surface area contributed by atoms with Crippen LogP contribution in [0, 0.1) is 0 Å². The van der Waals surface area contributed by atoms with Crippen molar-refractivity contribution in [1.29, 1.82) is 0 Å². The molecular formula is C9H4F6O2S. The van der Waals surface area contributed by atoms with Crippen LogP contribution in [0.3, 0.4) is 0 Å². The molecule has 0 aliphatic carbocycles. The molecule has 0 aromatic heterocycles. The summed E-state index contributed by atoms with van der Waals surface area (Å²) < 4.78 is 76.3. The van der Waals surface area contributed by atoms with Gasteiger partial charge in [-0.1, -0.05) is 0 Å². The van der Waals surface area contributed by atoms with E-state index in [2.05, 4.69) is 17.4 Å². The van der Waals surface area contributed by atoms with E-state index >= 15 is 0 Å². The van der Waals surface area contributed by atoms with Crippen LogP contribution < -0.4 is 4.74 Å². The van der Waals surface area contributed by atoms with E-state index in [9.17, 15) is 31.1 Å². The van der Waals surface area contributed by atoms with Crippen LogP contribution in [0.4, 0.5) is 26.3 Å². The van der Waals surface area contributed by atoms with Crippen molar-refractivity contribution < 1.29 is 35.9 Å². The molecule has 18 heavy (non-hydrogen) atoms. The van der Waals surface area contributed by atoms with E-state index in [1.807, 2.05) is 0 Å². The van der Waals surface area contributed by atoms with Crippen molar-refractivity contribution >= 4 is 17.7 Å². The Bertz CT molecular complexity index is 465. The summed E-state index contributed by atoms with van der Waals surface area (Å²) in [6, 6.07) is 1.37. The normalized spacial score (nSPS) is 12.4. The van der Waals surface area contributed by atoms with E-state index in [-0.39, 0.29) is 0 Å². The Kier molecular flexibility index (Phi) is 3.84. The maximum atomic E-state index is 12.4. The molecule has 2 nitrogen and oxygen atoms in total. The zero-order chi connectivity index (χ0) is 14.1. The Hall–Kier alpha value is -1.38. The number of carbonyl (C=O) groups is 1. The average molecular weight is 290 g/mol. The van der Waals surface area contributed by atoms with Gasteiger partial charge in [-0.05, 0) is 18.2 Å². The Morgan fingerprint density at radius 3 is 2.06 bits per heavy atom. The van der Waals surface area contributed by atoms with Crippen molar-refractivity contribution in [2.24, 2.45) is 0 Å². The largest absolute Gasteiger partial charge is 0.573 e. The van der Waals surface area contributed by atoms with Crippen molar-refractivity contribution in [3.8, 4) is 5.75 Å². The number of hydrogen-bond acceptors (Lipinski definition) is 2. The van der Waals surface area contributed by atoms with Gasteiger partial charge < -0.3 is 4.74 Å². The zero-order valence-corrected chi connectivity index (χ0v) is 9.16. The molecule has 0 saturated carbocycles. The molecule has 0 unspecified atom stereocenters. The first kappa shape index (κ1) is 14.7. The maximum absolute atomic E-state index is 12.4.